The molecule has 1 rings (SSSR count). The molecule has 14 heavy (non-hydrogen) atoms. The van der Waals surface area contributed by atoms with Gasteiger partial charge in [-0.1, -0.05) is 24.3 Å². The highest BCUT2D eigenvalue weighted by atomic mass is 32.2. The SMILES string of the molecule is C=CCP.O=S(=O)(O)c1ccccc1. The molecule has 78 valence electrons. The molecule has 0 saturated carbocycles. The monoisotopic (exact) mass is 232 g/mol. The van der Waals surface area contributed by atoms with Crippen LogP contribution in [0.2, 0.25) is 0 Å². The third-order valence-electron chi connectivity index (χ3n) is 1.21. The molecule has 0 fully saturated rings. The van der Waals surface area contributed by atoms with Gasteiger partial charge in [-0.25, -0.2) is 0 Å². The van der Waals surface area contributed by atoms with Gasteiger partial charge in [-0.15, -0.1) is 15.8 Å². The summed E-state index contributed by atoms with van der Waals surface area (Å²) in [5, 5.41) is 0. The highest BCUT2D eigenvalue weighted by Gasteiger charge is 2.05. The molecule has 0 aliphatic carbocycles. The van der Waals surface area contributed by atoms with Crippen LogP contribution in [0, 0.1) is 0 Å². The minimum absolute atomic E-state index is 0.0741. The van der Waals surface area contributed by atoms with Crippen LogP contribution in [0.15, 0.2) is 47.9 Å². The van der Waals surface area contributed by atoms with Gasteiger partial charge in [0.1, 0.15) is 0 Å². The van der Waals surface area contributed by atoms with Crippen molar-refractivity contribution in [3.05, 3.63) is 43.0 Å². The normalized spacial score (nSPS) is 9.86. The molecular weight excluding hydrogens is 219 g/mol. The van der Waals surface area contributed by atoms with Crippen molar-refractivity contribution < 1.29 is 13.0 Å². The predicted molar refractivity (Wildman–Crippen MR) is 61.0 cm³/mol. The molecule has 5 heteroatoms. The molecule has 0 heterocycles. The van der Waals surface area contributed by atoms with Crippen molar-refractivity contribution in [2.75, 3.05) is 6.16 Å². The molecule has 1 atom stereocenters. The van der Waals surface area contributed by atoms with Crippen molar-refractivity contribution in [3.63, 3.8) is 0 Å². The molecule has 0 bridgehead atoms. The van der Waals surface area contributed by atoms with Gasteiger partial charge in [0.2, 0.25) is 0 Å². The standard InChI is InChI=1S/C6H6O3S.C3H7P/c7-10(8,9)6-4-2-1-3-5-6;1-2-3-4/h1-5H,(H,7,8,9);2H,1,3-4H2. The second kappa shape index (κ2) is 6.71. The van der Waals surface area contributed by atoms with Crippen LogP contribution in [-0.2, 0) is 10.1 Å². The van der Waals surface area contributed by atoms with E-state index >= 15 is 0 Å². The Balaban J connectivity index is 0.000000364. The second-order valence-electron chi connectivity index (χ2n) is 2.31. The molecule has 1 N–H and O–H groups in total. The van der Waals surface area contributed by atoms with Gasteiger partial charge < -0.3 is 0 Å². The number of rotatable bonds is 2. The Bertz CT molecular complexity index is 359. The van der Waals surface area contributed by atoms with E-state index in [0.717, 1.165) is 6.16 Å². The Hall–Kier alpha value is -0.700. The van der Waals surface area contributed by atoms with Crippen molar-refractivity contribution in [1.82, 2.24) is 0 Å². The van der Waals surface area contributed by atoms with Crippen LogP contribution in [0.4, 0.5) is 0 Å². The van der Waals surface area contributed by atoms with Crippen LogP contribution in [0.25, 0.3) is 0 Å². The molecule has 0 aliphatic rings. The van der Waals surface area contributed by atoms with Crippen LogP contribution < -0.4 is 0 Å². The Kier molecular flexibility index (Phi) is 6.37. The fourth-order valence-electron chi connectivity index (χ4n) is 0.592. The summed E-state index contributed by atoms with van der Waals surface area (Å²) in [7, 11) is -1.47. The number of hydrogen-bond donors (Lipinski definition) is 1. The lowest BCUT2D eigenvalue weighted by atomic mass is 10.4. The quantitative estimate of drug-likeness (QED) is 0.482. The lowest BCUT2D eigenvalue weighted by molar-refractivity contribution is 0.483. The highest BCUT2D eigenvalue weighted by molar-refractivity contribution is 7.85. The predicted octanol–water partition coefficient (Wildman–Crippen LogP) is 1.98. The molecule has 0 spiro atoms. The highest BCUT2D eigenvalue weighted by Crippen LogP contribution is 2.05. The van der Waals surface area contributed by atoms with E-state index < -0.39 is 10.1 Å². The zero-order valence-corrected chi connectivity index (χ0v) is 9.60. The largest absolute Gasteiger partial charge is 0.294 e. The minimum atomic E-state index is -4.00. The van der Waals surface area contributed by atoms with E-state index in [1.165, 1.54) is 12.1 Å². The first-order valence-corrected chi connectivity index (χ1v) is 6.11. The first kappa shape index (κ1) is 13.3. The van der Waals surface area contributed by atoms with Crippen molar-refractivity contribution in [2.24, 2.45) is 0 Å². The summed E-state index contributed by atoms with van der Waals surface area (Å²) in [5.41, 5.74) is 0. The molecule has 3 nitrogen and oxygen atoms in total. The third kappa shape index (κ3) is 5.86. The van der Waals surface area contributed by atoms with E-state index in [1.807, 2.05) is 6.08 Å². The Morgan fingerprint density at radius 2 is 1.79 bits per heavy atom. The van der Waals surface area contributed by atoms with Crippen LogP contribution in [-0.4, -0.2) is 19.1 Å². The van der Waals surface area contributed by atoms with E-state index in [4.69, 9.17) is 4.55 Å². The van der Waals surface area contributed by atoms with Crippen LogP contribution >= 0.6 is 9.24 Å². The average molecular weight is 232 g/mol. The zero-order valence-electron chi connectivity index (χ0n) is 7.63. The van der Waals surface area contributed by atoms with Crippen LogP contribution in [0.3, 0.4) is 0 Å². The third-order valence-corrected chi connectivity index (χ3v) is 2.41. The van der Waals surface area contributed by atoms with Crippen molar-refractivity contribution in [1.29, 1.82) is 0 Å². The molecule has 1 aromatic rings. The fourth-order valence-corrected chi connectivity index (χ4v) is 1.09. The summed E-state index contributed by atoms with van der Waals surface area (Å²) in [6.45, 7) is 3.46. The molecule has 1 aromatic carbocycles. The van der Waals surface area contributed by atoms with E-state index in [2.05, 4.69) is 15.8 Å². The first-order valence-electron chi connectivity index (χ1n) is 3.86. The molecule has 0 saturated heterocycles. The topological polar surface area (TPSA) is 54.4 Å². The second-order valence-corrected chi connectivity index (χ2v) is 4.21. The van der Waals surface area contributed by atoms with Crippen molar-refractivity contribution in [2.45, 2.75) is 4.90 Å². The lowest BCUT2D eigenvalue weighted by Gasteiger charge is -1.92. The molecular formula is C9H13O3PS. The van der Waals surface area contributed by atoms with E-state index in [1.54, 1.807) is 18.2 Å². The first-order chi connectivity index (χ1) is 6.52. The molecule has 0 amide bonds. The van der Waals surface area contributed by atoms with Crippen molar-refractivity contribution in [3.8, 4) is 0 Å². The summed E-state index contributed by atoms with van der Waals surface area (Å²) in [4.78, 5) is -0.0741. The van der Waals surface area contributed by atoms with Crippen molar-refractivity contribution >= 4 is 19.4 Å². The molecule has 0 aliphatic heterocycles. The van der Waals surface area contributed by atoms with Gasteiger partial charge in [0.15, 0.2) is 0 Å². The van der Waals surface area contributed by atoms with Crippen LogP contribution in [0.1, 0.15) is 0 Å². The van der Waals surface area contributed by atoms with Gasteiger partial charge in [0.05, 0.1) is 4.90 Å². The summed E-state index contributed by atoms with van der Waals surface area (Å²) >= 11 is 0. The molecule has 0 radical (unpaired) electrons. The maximum atomic E-state index is 10.4. The number of hydrogen-bond acceptors (Lipinski definition) is 2. The van der Waals surface area contributed by atoms with Gasteiger partial charge >= 0.3 is 0 Å². The Morgan fingerprint density at radius 3 is 2.00 bits per heavy atom. The Morgan fingerprint density at radius 1 is 1.36 bits per heavy atom. The minimum Gasteiger partial charge on any atom is -0.282 e. The van der Waals surface area contributed by atoms with Gasteiger partial charge in [0.25, 0.3) is 10.1 Å². The molecule has 1 unspecified atom stereocenters. The lowest BCUT2D eigenvalue weighted by Crippen LogP contribution is -1.96. The maximum absolute atomic E-state index is 10.4. The summed E-state index contributed by atoms with van der Waals surface area (Å²) in [6, 6.07) is 7.42. The number of allylic oxidation sites excluding steroid dienone is 1. The Labute approximate surface area is 86.8 Å². The zero-order chi connectivity index (χ0) is 11.0. The van der Waals surface area contributed by atoms with E-state index in [-0.39, 0.29) is 4.90 Å². The summed E-state index contributed by atoms with van der Waals surface area (Å²) in [6.07, 6.45) is 2.84. The summed E-state index contributed by atoms with van der Waals surface area (Å²) < 4.78 is 29.2. The van der Waals surface area contributed by atoms with Gasteiger partial charge in [-0.2, -0.15) is 8.42 Å². The maximum Gasteiger partial charge on any atom is 0.294 e. The average Bonchev–Trinajstić information content (AvgIpc) is 2.18. The van der Waals surface area contributed by atoms with Crippen LogP contribution in [0.5, 0.6) is 0 Å². The molecule has 0 aromatic heterocycles. The van der Waals surface area contributed by atoms with Gasteiger partial charge in [-0.3, -0.25) is 4.55 Å². The number of benzene rings is 1. The van der Waals surface area contributed by atoms with Gasteiger partial charge in [0, 0.05) is 0 Å². The smallest absolute Gasteiger partial charge is 0.282 e. The fraction of sp³-hybridized carbons (Fsp3) is 0.111. The summed E-state index contributed by atoms with van der Waals surface area (Å²) in [5.74, 6) is 0. The van der Waals surface area contributed by atoms with E-state index in [9.17, 15) is 8.42 Å². The van der Waals surface area contributed by atoms with E-state index in [0.29, 0.717) is 0 Å². The van der Waals surface area contributed by atoms with Gasteiger partial charge in [-0.05, 0) is 18.3 Å².